The molecule has 0 radical (unpaired) electrons. The molecule has 3 heterocycles. The van der Waals surface area contributed by atoms with E-state index in [2.05, 4.69) is 9.97 Å². The number of esters is 1. The molecule has 0 saturated carbocycles. The molecule has 0 aliphatic heterocycles. The highest BCUT2D eigenvalue weighted by Gasteiger charge is 2.18. The molecule has 0 amide bonds. The van der Waals surface area contributed by atoms with E-state index in [4.69, 9.17) is 4.74 Å². The zero-order chi connectivity index (χ0) is 19.0. The average molecular weight is 376 g/mol. The summed E-state index contributed by atoms with van der Waals surface area (Å²) in [7, 11) is 0. The highest BCUT2D eigenvalue weighted by molar-refractivity contribution is 7.18. The Morgan fingerprint density at radius 2 is 2.04 bits per heavy atom. The van der Waals surface area contributed by atoms with Crippen LogP contribution in [0.15, 0.2) is 26.6 Å². The maximum Gasteiger partial charge on any atom is 0.328 e. The second-order valence-corrected chi connectivity index (χ2v) is 6.99. The largest absolute Gasteiger partial charge is 0.453 e. The standard InChI is InChI=1S/C16H16N4O5S/c1-7-9(3)26-15-12(7)14(23)18-13(19-15)8(2)25-11(22)6-20-5-4-10(21)17-16(20)24/h4-5,8H,6H2,1-3H3,(H,17,21,24)(H,18,19,23)/t8-/m0/s1. The molecule has 1 atom stereocenters. The van der Waals surface area contributed by atoms with Gasteiger partial charge in [0.15, 0.2) is 11.9 Å². The van der Waals surface area contributed by atoms with Crippen molar-refractivity contribution in [1.82, 2.24) is 19.5 Å². The Bertz CT molecular complexity index is 1170. The Morgan fingerprint density at radius 3 is 2.73 bits per heavy atom. The highest BCUT2D eigenvalue weighted by atomic mass is 32.1. The molecular weight excluding hydrogens is 360 g/mol. The van der Waals surface area contributed by atoms with Gasteiger partial charge in [0.2, 0.25) is 0 Å². The zero-order valence-corrected chi connectivity index (χ0v) is 15.1. The number of nitrogens with one attached hydrogen (secondary N) is 2. The lowest BCUT2D eigenvalue weighted by atomic mass is 10.2. The number of thiophene rings is 1. The van der Waals surface area contributed by atoms with E-state index in [0.717, 1.165) is 21.1 Å². The SMILES string of the molecule is Cc1sc2nc([C@H](C)OC(=O)Cn3ccc(=O)[nH]c3=O)[nH]c(=O)c2c1C. The quantitative estimate of drug-likeness (QED) is 0.647. The van der Waals surface area contributed by atoms with E-state index in [1.54, 1.807) is 6.92 Å². The molecule has 0 aliphatic rings. The number of carbonyl (C=O) groups is 1. The van der Waals surface area contributed by atoms with Gasteiger partial charge in [-0.15, -0.1) is 11.3 Å². The molecule has 3 aromatic heterocycles. The maximum atomic E-state index is 12.3. The zero-order valence-electron chi connectivity index (χ0n) is 14.3. The monoisotopic (exact) mass is 376 g/mol. The number of aryl methyl sites for hydroxylation is 2. The Morgan fingerprint density at radius 1 is 1.31 bits per heavy atom. The molecule has 3 aromatic rings. The van der Waals surface area contributed by atoms with Gasteiger partial charge in [0.25, 0.3) is 11.1 Å². The van der Waals surface area contributed by atoms with Crippen LogP contribution in [0.1, 0.15) is 29.3 Å². The molecule has 0 bridgehead atoms. The van der Waals surface area contributed by atoms with Crippen molar-refractivity contribution in [2.75, 3.05) is 0 Å². The molecule has 2 N–H and O–H groups in total. The second-order valence-electron chi connectivity index (χ2n) is 5.78. The first-order valence-corrected chi connectivity index (χ1v) is 8.57. The number of ether oxygens (including phenoxy) is 1. The smallest absolute Gasteiger partial charge is 0.328 e. The van der Waals surface area contributed by atoms with E-state index in [1.807, 2.05) is 18.8 Å². The minimum absolute atomic E-state index is 0.228. The molecule has 26 heavy (non-hydrogen) atoms. The van der Waals surface area contributed by atoms with Crippen LogP contribution in [0.5, 0.6) is 0 Å². The third kappa shape index (κ3) is 3.36. The fraction of sp³-hybridized carbons (Fsp3) is 0.312. The second kappa shape index (κ2) is 6.71. The Hall–Kier alpha value is -3.01. The summed E-state index contributed by atoms with van der Waals surface area (Å²) in [6.45, 7) is 4.97. The maximum absolute atomic E-state index is 12.3. The molecule has 10 heteroatoms. The first-order valence-electron chi connectivity index (χ1n) is 7.75. The summed E-state index contributed by atoms with van der Waals surface area (Å²) in [5.41, 5.74) is -0.664. The molecule has 3 rings (SSSR count). The number of nitrogens with zero attached hydrogens (tertiary/aromatic N) is 2. The fourth-order valence-corrected chi connectivity index (χ4v) is 3.50. The van der Waals surface area contributed by atoms with Crippen molar-refractivity contribution in [2.45, 2.75) is 33.4 Å². The minimum Gasteiger partial charge on any atom is -0.453 e. The summed E-state index contributed by atoms with van der Waals surface area (Å²) in [5, 5.41) is 0.537. The lowest BCUT2D eigenvalue weighted by molar-refractivity contribution is -0.149. The lowest BCUT2D eigenvalue weighted by Crippen LogP contribution is -2.31. The Kier molecular flexibility index (Phi) is 4.60. The van der Waals surface area contributed by atoms with Crippen molar-refractivity contribution in [3.8, 4) is 0 Å². The fourth-order valence-electron chi connectivity index (χ4n) is 2.46. The lowest BCUT2D eigenvalue weighted by Gasteiger charge is -2.13. The number of aromatic amines is 2. The number of fused-ring (bicyclic) bond motifs is 1. The van der Waals surface area contributed by atoms with Gasteiger partial charge < -0.3 is 9.72 Å². The summed E-state index contributed by atoms with van der Waals surface area (Å²) in [6, 6.07) is 1.13. The molecule has 9 nitrogen and oxygen atoms in total. The number of aromatic nitrogens is 4. The van der Waals surface area contributed by atoms with Crippen LogP contribution in [-0.2, 0) is 16.1 Å². The Labute approximate surface area is 150 Å². The van der Waals surface area contributed by atoms with E-state index in [9.17, 15) is 19.2 Å². The summed E-state index contributed by atoms with van der Waals surface area (Å²) >= 11 is 1.40. The highest BCUT2D eigenvalue weighted by Crippen LogP contribution is 2.26. The molecule has 0 aromatic carbocycles. The average Bonchev–Trinajstić information content (AvgIpc) is 2.85. The molecule has 0 aliphatic carbocycles. The first kappa shape index (κ1) is 17.8. The van der Waals surface area contributed by atoms with Gasteiger partial charge in [-0.2, -0.15) is 0 Å². The molecule has 0 unspecified atom stereocenters. The van der Waals surface area contributed by atoms with Crippen molar-refractivity contribution in [2.24, 2.45) is 0 Å². The van der Waals surface area contributed by atoms with Crippen LogP contribution in [0.25, 0.3) is 10.2 Å². The van der Waals surface area contributed by atoms with Crippen LogP contribution < -0.4 is 16.8 Å². The molecule has 0 spiro atoms. The third-order valence-electron chi connectivity index (χ3n) is 3.95. The van der Waals surface area contributed by atoms with Gasteiger partial charge in [-0.25, -0.2) is 9.78 Å². The predicted octanol–water partition coefficient (Wildman–Crippen LogP) is 0.756. The summed E-state index contributed by atoms with van der Waals surface area (Å²) in [5.74, 6) is -0.473. The van der Waals surface area contributed by atoms with E-state index in [0.29, 0.717) is 10.2 Å². The van der Waals surface area contributed by atoms with Gasteiger partial charge in [-0.3, -0.25) is 23.9 Å². The van der Waals surface area contributed by atoms with Crippen LogP contribution in [0.4, 0.5) is 0 Å². The van der Waals surface area contributed by atoms with Gasteiger partial charge in [-0.05, 0) is 26.3 Å². The number of rotatable bonds is 4. The van der Waals surface area contributed by atoms with Crippen molar-refractivity contribution in [3.05, 3.63) is 59.7 Å². The van der Waals surface area contributed by atoms with Gasteiger partial charge in [0.05, 0.1) is 5.39 Å². The third-order valence-corrected chi connectivity index (χ3v) is 5.05. The number of hydrogen-bond acceptors (Lipinski definition) is 7. The normalized spacial score (nSPS) is 12.3. The molecule has 0 saturated heterocycles. The first-order chi connectivity index (χ1) is 12.3. The Balaban J connectivity index is 1.81. The predicted molar refractivity (Wildman–Crippen MR) is 95.5 cm³/mol. The van der Waals surface area contributed by atoms with E-state index >= 15 is 0 Å². The van der Waals surface area contributed by atoms with Crippen molar-refractivity contribution >= 4 is 27.5 Å². The molecule has 0 fully saturated rings. The minimum atomic E-state index is -0.805. The summed E-state index contributed by atoms with van der Waals surface area (Å²) < 4.78 is 6.26. The van der Waals surface area contributed by atoms with Crippen molar-refractivity contribution < 1.29 is 9.53 Å². The number of carbonyl (C=O) groups excluding carboxylic acids is 1. The topological polar surface area (TPSA) is 127 Å². The summed E-state index contributed by atoms with van der Waals surface area (Å²) in [4.78, 5) is 57.6. The van der Waals surface area contributed by atoms with E-state index < -0.39 is 23.3 Å². The van der Waals surface area contributed by atoms with Crippen LogP contribution in [-0.4, -0.2) is 25.5 Å². The van der Waals surface area contributed by atoms with Crippen LogP contribution in [0, 0.1) is 13.8 Å². The van der Waals surface area contributed by atoms with Gasteiger partial charge in [0, 0.05) is 17.1 Å². The van der Waals surface area contributed by atoms with E-state index in [-0.39, 0.29) is 17.9 Å². The van der Waals surface area contributed by atoms with Crippen LogP contribution in [0.2, 0.25) is 0 Å². The number of H-pyrrole nitrogens is 2. The van der Waals surface area contributed by atoms with Crippen molar-refractivity contribution in [3.63, 3.8) is 0 Å². The molecule has 136 valence electrons. The van der Waals surface area contributed by atoms with Gasteiger partial charge in [-0.1, -0.05) is 0 Å². The van der Waals surface area contributed by atoms with E-state index in [1.165, 1.54) is 17.5 Å². The van der Waals surface area contributed by atoms with Crippen LogP contribution >= 0.6 is 11.3 Å². The van der Waals surface area contributed by atoms with Crippen molar-refractivity contribution in [1.29, 1.82) is 0 Å². The number of hydrogen-bond donors (Lipinski definition) is 2. The molecular formula is C16H16N4O5S. The van der Waals surface area contributed by atoms with Gasteiger partial charge in [0.1, 0.15) is 11.4 Å². The summed E-state index contributed by atoms with van der Waals surface area (Å²) in [6.07, 6.45) is 0.400. The van der Waals surface area contributed by atoms with Gasteiger partial charge >= 0.3 is 11.7 Å². The van der Waals surface area contributed by atoms with Crippen LogP contribution in [0.3, 0.4) is 0 Å².